The van der Waals surface area contributed by atoms with Crippen molar-refractivity contribution in [2.24, 2.45) is 11.8 Å². The van der Waals surface area contributed by atoms with Crippen LogP contribution in [0.25, 0.3) is 0 Å². The van der Waals surface area contributed by atoms with E-state index in [0.29, 0.717) is 11.5 Å². The van der Waals surface area contributed by atoms with Crippen LogP contribution in [-0.2, 0) is 6.18 Å². The molecule has 0 aliphatic heterocycles. The molecule has 19 heavy (non-hydrogen) atoms. The van der Waals surface area contributed by atoms with E-state index in [1.54, 1.807) is 0 Å². The predicted octanol–water partition coefficient (Wildman–Crippen LogP) is 5.63. The second-order valence-corrected chi connectivity index (χ2v) is 5.72. The van der Waals surface area contributed by atoms with Crippen LogP contribution in [0.15, 0.2) is 18.2 Å². The van der Waals surface area contributed by atoms with Crippen LogP contribution < -0.4 is 0 Å². The van der Waals surface area contributed by atoms with E-state index in [9.17, 15) is 17.6 Å². The van der Waals surface area contributed by atoms with E-state index in [-0.39, 0.29) is 11.8 Å². The molecule has 0 bridgehead atoms. The zero-order chi connectivity index (χ0) is 14.8. The largest absolute Gasteiger partial charge is 0.419 e. The molecule has 0 nitrogen and oxygen atoms in total. The van der Waals surface area contributed by atoms with Crippen LogP contribution in [0.2, 0.25) is 0 Å². The van der Waals surface area contributed by atoms with Crippen molar-refractivity contribution in [1.29, 1.82) is 0 Å². The first-order valence-electron chi connectivity index (χ1n) is 6.49. The zero-order valence-corrected chi connectivity index (χ0v) is 11.7. The van der Waals surface area contributed by atoms with E-state index in [1.807, 2.05) is 13.8 Å². The Hall–Kier alpha value is -1.06. The Morgan fingerprint density at radius 1 is 1.05 bits per heavy atom. The Kier molecular flexibility index (Phi) is 4.99. The summed E-state index contributed by atoms with van der Waals surface area (Å²) in [5, 5.41) is 0. The van der Waals surface area contributed by atoms with Gasteiger partial charge in [0.1, 0.15) is 5.82 Å². The summed E-state index contributed by atoms with van der Waals surface area (Å²) in [6, 6.07) is 3.29. The van der Waals surface area contributed by atoms with Crippen molar-refractivity contribution in [2.45, 2.75) is 46.2 Å². The molecule has 0 N–H and O–H groups in total. The first kappa shape index (κ1) is 16.0. The molecule has 0 spiro atoms. The summed E-state index contributed by atoms with van der Waals surface area (Å²) in [5.41, 5.74) is -0.544. The SMILES string of the molecule is CC(C)CC(c1ccc(C(F)(F)F)c(F)c1)C(C)C. The molecule has 1 aromatic rings. The summed E-state index contributed by atoms with van der Waals surface area (Å²) in [6.45, 7) is 8.11. The first-order chi connectivity index (χ1) is 8.62. The zero-order valence-electron chi connectivity index (χ0n) is 11.7. The molecule has 0 saturated heterocycles. The monoisotopic (exact) mass is 276 g/mol. The molecule has 0 radical (unpaired) electrons. The second kappa shape index (κ2) is 5.93. The van der Waals surface area contributed by atoms with Crippen LogP contribution in [-0.4, -0.2) is 0 Å². The molecule has 0 heterocycles. The molecule has 0 saturated carbocycles. The molecule has 0 fully saturated rings. The van der Waals surface area contributed by atoms with E-state index in [4.69, 9.17) is 0 Å². The second-order valence-electron chi connectivity index (χ2n) is 5.72. The lowest BCUT2D eigenvalue weighted by molar-refractivity contribution is -0.140. The van der Waals surface area contributed by atoms with Gasteiger partial charge in [-0.2, -0.15) is 13.2 Å². The normalized spacial score (nSPS) is 14.2. The predicted molar refractivity (Wildman–Crippen MR) is 68.4 cm³/mol. The van der Waals surface area contributed by atoms with E-state index in [0.717, 1.165) is 18.6 Å². The maximum Gasteiger partial charge on any atom is 0.419 e. The standard InChI is InChI=1S/C15H20F4/c1-9(2)7-12(10(3)4)11-5-6-13(14(16)8-11)15(17,18)19/h5-6,8-10,12H,7H2,1-4H3. The summed E-state index contributed by atoms with van der Waals surface area (Å²) in [4.78, 5) is 0. The fourth-order valence-corrected chi connectivity index (χ4v) is 2.29. The molecule has 1 atom stereocenters. The van der Waals surface area contributed by atoms with Gasteiger partial charge in [0, 0.05) is 0 Å². The lowest BCUT2D eigenvalue weighted by atomic mass is 9.82. The molecule has 0 aromatic heterocycles. The summed E-state index contributed by atoms with van der Waals surface area (Å²) in [6.07, 6.45) is -3.80. The van der Waals surface area contributed by atoms with Gasteiger partial charge in [-0.1, -0.05) is 33.8 Å². The van der Waals surface area contributed by atoms with Crippen LogP contribution >= 0.6 is 0 Å². The average Bonchev–Trinajstić information content (AvgIpc) is 2.23. The van der Waals surface area contributed by atoms with Crippen molar-refractivity contribution in [3.05, 3.63) is 35.1 Å². The van der Waals surface area contributed by atoms with Gasteiger partial charge in [0.15, 0.2) is 0 Å². The van der Waals surface area contributed by atoms with E-state index in [2.05, 4.69) is 13.8 Å². The topological polar surface area (TPSA) is 0 Å². The minimum atomic E-state index is -4.63. The highest BCUT2D eigenvalue weighted by Crippen LogP contribution is 2.36. The number of hydrogen-bond acceptors (Lipinski definition) is 0. The molecular formula is C15H20F4. The third-order valence-corrected chi connectivity index (χ3v) is 3.26. The molecule has 1 aromatic carbocycles. The summed E-state index contributed by atoms with van der Waals surface area (Å²) < 4.78 is 51.1. The lowest BCUT2D eigenvalue weighted by Gasteiger charge is -2.24. The van der Waals surface area contributed by atoms with Crippen LogP contribution in [0.4, 0.5) is 17.6 Å². The highest BCUT2D eigenvalue weighted by atomic mass is 19.4. The minimum Gasteiger partial charge on any atom is -0.206 e. The van der Waals surface area contributed by atoms with Crippen LogP contribution in [0.3, 0.4) is 0 Å². The van der Waals surface area contributed by atoms with Gasteiger partial charge in [0.2, 0.25) is 0 Å². The number of rotatable bonds is 4. The average molecular weight is 276 g/mol. The van der Waals surface area contributed by atoms with E-state index < -0.39 is 17.6 Å². The Morgan fingerprint density at radius 2 is 1.63 bits per heavy atom. The smallest absolute Gasteiger partial charge is 0.206 e. The highest BCUT2D eigenvalue weighted by Gasteiger charge is 2.34. The van der Waals surface area contributed by atoms with E-state index >= 15 is 0 Å². The quantitative estimate of drug-likeness (QED) is 0.625. The van der Waals surface area contributed by atoms with Crippen molar-refractivity contribution in [2.75, 3.05) is 0 Å². The van der Waals surface area contributed by atoms with Crippen molar-refractivity contribution in [1.82, 2.24) is 0 Å². The summed E-state index contributed by atoms with van der Waals surface area (Å²) >= 11 is 0. The molecule has 1 unspecified atom stereocenters. The van der Waals surface area contributed by atoms with Gasteiger partial charge in [0.05, 0.1) is 5.56 Å². The summed E-state index contributed by atoms with van der Waals surface area (Å²) in [5.74, 6) is -0.424. The maximum atomic E-state index is 13.6. The van der Waals surface area contributed by atoms with Gasteiger partial charge in [-0.25, -0.2) is 4.39 Å². The first-order valence-corrected chi connectivity index (χ1v) is 6.49. The molecule has 0 aliphatic carbocycles. The maximum absolute atomic E-state index is 13.6. The number of alkyl halides is 3. The number of benzene rings is 1. The van der Waals surface area contributed by atoms with Crippen LogP contribution in [0.5, 0.6) is 0 Å². The molecule has 1 rings (SSSR count). The number of hydrogen-bond donors (Lipinski definition) is 0. The molecular weight excluding hydrogens is 256 g/mol. The van der Waals surface area contributed by atoms with Crippen LogP contribution in [0, 0.1) is 17.7 Å². The molecule has 0 aliphatic rings. The van der Waals surface area contributed by atoms with Crippen molar-refractivity contribution >= 4 is 0 Å². The number of halogens is 4. The van der Waals surface area contributed by atoms with Crippen molar-refractivity contribution in [3.63, 3.8) is 0 Å². The molecule has 0 amide bonds. The van der Waals surface area contributed by atoms with Crippen molar-refractivity contribution in [3.8, 4) is 0 Å². The molecule has 108 valence electrons. The van der Waals surface area contributed by atoms with Gasteiger partial charge in [-0.15, -0.1) is 0 Å². The lowest BCUT2D eigenvalue weighted by Crippen LogP contribution is -2.13. The molecule has 4 heteroatoms. The fraction of sp³-hybridized carbons (Fsp3) is 0.600. The minimum absolute atomic E-state index is 0.0804. The van der Waals surface area contributed by atoms with Gasteiger partial charge in [-0.05, 0) is 41.9 Å². The van der Waals surface area contributed by atoms with Crippen LogP contribution in [0.1, 0.15) is 51.2 Å². The Labute approximate surface area is 111 Å². The fourth-order valence-electron chi connectivity index (χ4n) is 2.29. The Bertz CT molecular complexity index is 419. The Balaban J connectivity index is 3.10. The third-order valence-electron chi connectivity index (χ3n) is 3.26. The van der Waals surface area contributed by atoms with Gasteiger partial charge in [0.25, 0.3) is 0 Å². The van der Waals surface area contributed by atoms with Gasteiger partial charge in [-0.3, -0.25) is 0 Å². The summed E-state index contributed by atoms with van der Waals surface area (Å²) in [7, 11) is 0. The van der Waals surface area contributed by atoms with Gasteiger partial charge >= 0.3 is 6.18 Å². The van der Waals surface area contributed by atoms with Crippen molar-refractivity contribution < 1.29 is 17.6 Å². The Morgan fingerprint density at radius 3 is 2.00 bits per heavy atom. The third kappa shape index (κ3) is 4.22. The van der Waals surface area contributed by atoms with E-state index in [1.165, 1.54) is 6.07 Å². The highest BCUT2D eigenvalue weighted by molar-refractivity contribution is 5.29. The van der Waals surface area contributed by atoms with Gasteiger partial charge < -0.3 is 0 Å².